The number of nitrogens with two attached hydrogens (primary N) is 1. The predicted octanol–water partition coefficient (Wildman–Crippen LogP) is 2.39. The van der Waals surface area contributed by atoms with Crippen LogP contribution < -0.4 is 10.6 Å². The zero-order valence-corrected chi connectivity index (χ0v) is 10.7. The van der Waals surface area contributed by atoms with Crippen molar-refractivity contribution in [2.24, 2.45) is 0 Å². The number of carbonyl (C=O) groups is 1. The van der Waals surface area contributed by atoms with Gasteiger partial charge in [-0.1, -0.05) is 18.2 Å². The number of nitrogen functional groups attached to an aromatic ring is 1. The fourth-order valence-electron chi connectivity index (χ4n) is 1.85. The van der Waals surface area contributed by atoms with Gasteiger partial charge >= 0.3 is 0 Å². The summed E-state index contributed by atoms with van der Waals surface area (Å²) in [5, 5.41) is 0. The van der Waals surface area contributed by atoms with Crippen LogP contribution in [0.5, 0.6) is 0 Å². The SMILES string of the molecule is Cc1ccccc1N(C)C(=O)c1cc(F)cnc1N. The minimum Gasteiger partial charge on any atom is -0.383 e. The summed E-state index contributed by atoms with van der Waals surface area (Å²) in [5.41, 5.74) is 7.37. The molecule has 0 aliphatic carbocycles. The van der Waals surface area contributed by atoms with Crippen molar-refractivity contribution in [1.29, 1.82) is 0 Å². The molecule has 2 rings (SSSR count). The number of aromatic nitrogens is 1. The molecule has 0 radical (unpaired) electrons. The van der Waals surface area contributed by atoms with Gasteiger partial charge in [0.05, 0.1) is 11.8 Å². The van der Waals surface area contributed by atoms with Crippen LogP contribution in [0, 0.1) is 12.7 Å². The van der Waals surface area contributed by atoms with Crippen molar-refractivity contribution < 1.29 is 9.18 Å². The molecule has 0 saturated heterocycles. The molecule has 4 nitrogen and oxygen atoms in total. The van der Waals surface area contributed by atoms with Gasteiger partial charge in [0.1, 0.15) is 11.6 Å². The lowest BCUT2D eigenvalue weighted by Crippen LogP contribution is -2.28. The van der Waals surface area contributed by atoms with Gasteiger partial charge < -0.3 is 10.6 Å². The van der Waals surface area contributed by atoms with E-state index in [0.29, 0.717) is 0 Å². The van der Waals surface area contributed by atoms with Crippen LogP contribution in [0.1, 0.15) is 15.9 Å². The molecule has 0 spiro atoms. The lowest BCUT2D eigenvalue weighted by molar-refractivity contribution is 0.0993. The molecule has 0 aliphatic heterocycles. The third kappa shape index (κ3) is 2.54. The second-order valence-electron chi connectivity index (χ2n) is 4.24. The Morgan fingerprint density at radius 1 is 1.37 bits per heavy atom. The van der Waals surface area contributed by atoms with Crippen LogP contribution in [0.2, 0.25) is 0 Å². The largest absolute Gasteiger partial charge is 0.383 e. The molecule has 0 aliphatic rings. The smallest absolute Gasteiger partial charge is 0.261 e. The van der Waals surface area contributed by atoms with Crippen LogP contribution >= 0.6 is 0 Å². The van der Waals surface area contributed by atoms with E-state index in [9.17, 15) is 9.18 Å². The molecule has 98 valence electrons. The van der Waals surface area contributed by atoms with Crippen molar-refractivity contribution in [1.82, 2.24) is 4.98 Å². The summed E-state index contributed by atoms with van der Waals surface area (Å²) in [6.07, 6.45) is 0.986. The second-order valence-corrected chi connectivity index (χ2v) is 4.24. The maximum atomic E-state index is 13.2. The minimum atomic E-state index is -0.587. The van der Waals surface area contributed by atoms with E-state index in [2.05, 4.69) is 4.98 Å². The first-order valence-electron chi connectivity index (χ1n) is 5.75. The Hall–Kier alpha value is -2.43. The Morgan fingerprint density at radius 2 is 2.05 bits per heavy atom. The van der Waals surface area contributed by atoms with Crippen molar-refractivity contribution in [2.75, 3.05) is 17.7 Å². The molecule has 0 bridgehead atoms. The van der Waals surface area contributed by atoms with Crippen LogP contribution in [0.15, 0.2) is 36.5 Å². The Bertz CT molecular complexity index is 628. The Kier molecular flexibility index (Phi) is 3.46. The first-order chi connectivity index (χ1) is 9.00. The number of rotatable bonds is 2. The summed E-state index contributed by atoms with van der Waals surface area (Å²) >= 11 is 0. The molecule has 19 heavy (non-hydrogen) atoms. The highest BCUT2D eigenvalue weighted by molar-refractivity contribution is 6.08. The highest BCUT2D eigenvalue weighted by atomic mass is 19.1. The maximum absolute atomic E-state index is 13.2. The molecule has 0 saturated carbocycles. The Labute approximate surface area is 110 Å². The van der Waals surface area contributed by atoms with Gasteiger partial charge in [0.15, 0.2) is 0 Å². The van der Waals surface area contributed by atoms with Gasteiger partial charge in [0.25, 0.3) is 5.91 Å². The van der Waals surface area contributed by atoms with Crippen molar-refractivity contribution >= 4 is 17.4 Å². The molecule has 5 heteroatoms. The van der Waals surface area contributed by atoms with E-state index in [4.69, 9.17) is 5.73 Å². The van der Waals surface area contributed by atoms with Gasteiger partial charge in [0, 0.05) is 12.7 Å². The van der Waals surface area contributed by atoms with Crippen LogP contribution in [-0.4, -0.2) is 17.9 Å². The first kappa shape index (κ1) is 13.0. The third-order valence-electron chi connectivity index (χ3n) is 2.90. The summed E-state index contributed by atoms with van der Waals surface area (Å²) in [5.74, 6) is -0.957. The number of aryl methyl sites for hydroxylation is 1. The fourth-order valence-corrected chi connectivity index (χ4v) is 1.85. The van der Waals surface area contributed by atoms with Gasteiger partial charge in [0.2, 0.25) is 0 Å². The van der Waals surface area contributed by atoms with Crippen molar-refractivity contribution in [3.8, 4) is 0 Å². The maximum Gasteiger partial charge on any atom is 0.261 e. The standard InChI is InChI=1S/C14H14FN3O/c1-9-5-3-4-6-12(9)18(2)14(19)11-7-10(15)8-17-13(11)16/h3-8H,1-2H3,(H2,16,17). The summed E-state index contributed by atoms with van der Waals surface area (Å²) in [6, 6.07) is 8.52. The van der Waals surface area contributed by atoms with Crippen LogP contribution in [0.4, 0.5) is 15.9 Å². The number of amides is 1. The van der Waals surface area contributed by atoms with Gasteiger partial charge in [-0.2, -0.15) is 0 Å². The summed E-state index contributed by atoms with van der Waals surface area (Å²) in [4.78, 5) is 17.4. The molecule has 0 atom stereocenters. The van der Waals surface area contributed by atoms with Crippen LogP contribution in [0.25, 0.3) is 0 Å². The molecular formula is C14H14FN3O. The normalized spacial score (nSPS) is 10.3. The number of anilines is 2. The fraction of sp³-hybridized carbons (Fsp3) is 0.143. The first-order valence-corrected chi connectivity index (χ1v) is 5.75. The zero-order valence-electron chi connectivity index (χ0n) is 10.7. The van der Waals surface area contributed by atoms with E-state index in [1.807, 2.05) is 31.2 Å². The molecule has 1 aromatic carbocycles. The van der Waals surface area contributed by atoms with E-state index in [0.717, 1.165) is 23.5 Å². The third-order valence-corrected chi connectivity index (χ3v) is 2.90. The summed E-state index contributed by atoms with van der Waals surface area (Å²) < 4.78 is 13.2. The number of para-hydroxylation sites is 1. The van der Waals surface area contributed by atoms with Crippen LogP contribution in [0.3, 0.4) is 0 Å². The molecule has 0 unspecified atom stereocenters. The number of hydrogen-bond acceptors (Lipinski definition) is 3. The number of nitrogens with zero attached hydrogens (tertiary/aromatic N) is 2. The van der Waals surface area contributed by atoms with Gasteiger partial charge in [-0.15, -0.1) is 0 Å². The van der Waals surface area contributed by atoms with Gasteiger partial charge in [-0.3, -0.25) is 4.79 Å². The van der Waals surface area contributed by atoms with E-state index in [1.54, 1.807) is 7.05 Å². The van der Waals surface area contributed by atoms with Crippen molar-refractivity contribution in [3.05, 3.63) is 53.5 Å². The summed E-state index contributed by atoms with van der Waals surface area (Å²) in [7, 11) is 1.62. The molecule has 1 heterocycles. The number of hydrogen-bond donors (Lipinski definition) is 1. The lowest BCUT2D eigenvalue weighted by Gasteiger charge is -2.20. The average Bonchev–Trinajstić information content (AvgIpc) is 2.40. The summed E-state index contributed by atoms with van der Waals surface area (Å²) in [6.45, 7) is 1.90. The van der Waals surface area contributed by atoms with Gasteiger partial charge in [-0.05, 0) is 24.6 Å². The monoisotopic (exact) mass is 259 g/mol. The number of pyridine rings is 1. The van der Waals surface area contributed by atoms with Crippen LogP contribution in [-0.2, 0) is 0 Å². The second kappa shape index (κ2) is 5.06. The molecule has 0 fully saturated rings. The van der Waals surface area contributed by atoms with E-state index in [1.165, 1.54) is 4.90 Å². The minimum absolute atomic E-state index is 0.0202. The zero-order chi connectivity index (χ0) is 14.0. The highest BCUT2D eigenvalue weighted by Crippen LogP contribution is 2.21. The van der Waals surface area contributed by atoms with E-state index >= 15 is 0 Å². The van der Waals surface area contributed by atoms with Gasteiger partial charge in [-0.25, -0.2) is 9.37 Å². The Morgan fingerprint density at radius 3 is 2.74 bits per heavy atom. The number of benzene rings is 1. The van der Waals surface area contributed by atoms with E-state index < -0.39 is 5.82 Å². The van der Waals surface area contributed by atoms with E-state index in [-0.39, 0.29) is 17.3 Å². The molecule has 1 aromatic heterocycles. The van der Waals surface area contributed by atoms with Crippen molar-refractivity contribution in [2.45, 2.75) is 6.92 Å². The number of halogens is 1. The molecule has 2 N–H and O–H groups in total. The Balaban J connectivity index is 2.39. The van der Waals surface area contributed by atoms with Crippen molar-refractivity contribution in [3.63, 3.8) is 0 Å². The molecule has 1 amide bonds. The molecule has 2 aromatic rings. The lowest BCUT2D eigenvalue weighted by atomic mass is 10.1. The molecular weight excluding hydrogens is 245 g/mol. The number of carbonyl (C=O) groups excluding carboxylic acids is 1. The average molecular weight is 259 g/mol. The predicted molar refractivity (Wildman–Crippen MR) is 72.5 cm³/mol. The topological polar surface area (TPSA) is 59.2 Å². The quantitative estimate of drug-likeness (QED) is 0.900. The highest BCUT2D eigenvalue weighted by Gasteiger charge is 2.18.